The van der Waals surface area contributed by atoms with E-state index >= 15 is 0 Å². The first-order valence-corrected chi connectivity index (χ1v) is 11.9. The van der Waals surface area contributed by atoms with E-state index in [2.05, 4.69) is 58.9 Å². The van der Waals surface area contributed by atoms with Gasteiger partial charge in [0.1, 0.15) is 23.8 Å². The lowest BCUT2D eigenvalue weighted by molar-refractivity contribution is 0.0932. The summed E-state index contributed by atoms with van der Waals surface area (Å²) in [6, 6.07) is 18.9. The Balaban J connectivity index is 1.73. The molecule has 0 saturated heterocycles. The molecule has 1 aliphatic rings. The summed E-state index contributed by atoms with van der Waals surface area (Å²) in [6.07, 6.45) is 6.30. The van der Waals surface area contributed by atoms with Crippen LogP contribution in [0.5, 0.6) is 5.75 Å². The number of benzene rings is 2. The quantitative estimate of drug-likeness (QED) is 0.322. The molecule has 2 heterocycles. The van der Waals surface area contributed by atoms with Crippen molar-refractivity contribution >= 4 is 21.9 Å². The number of hydrogen-bond acceptors (Lipinski definition) is 3. The van der Waals surface area contributed by atoms with E-state index in [1.807, 2.05) is 19.1 Å². The maximum Gasteiger partial charge on any atom is 0.145 e. The van der Waals surface area contributed by atoms with Gasteiger partial charge in [-0.2, -0.15) is 0 Å². The summed E-state index contributed by atoms with van der Waals surface area (Å²) in [7, 11) is 1.69. The highest BCUT2D eigenvalue weighted by atomic mass is 16.5. The van der Waals surface area contributed by atoms with Crippen LogP contribution in [-0.4, -0.2) is 23.3 Å². The van der Waals surface area contributed by atoms with Crippen LogP contribution in [0.1, 0.15) is 44.7 Å². The lowest BCUT2D eigenvalue weighted by Gasteiger charge is -2.15. The molecule has 168 valence electrons. The van der Waals surface area contributed by atoms with Crippen LogP contribution in [0.4, 0.5) is 0 Å². The lowest BCUT2D eigenvalue weighted by atomic mass is 9.90. The van der Waals surface area contributed by atoms with Gasteiger partial charge in [-0.05, 0) is 61.1 Å². The molecular weight excluding hydrogens is 408 g/mol. The molecule has 0 unspecified atom stereocenters. The Hall–Kier alpha value is -3.29. The minimum atomic E-state index is 0.467. The number of para-hydroxylation sites is 1. The van der Waals surface area contributed by atoms with Crippen LogP contribution >= 0.6 is 0 Å². The Bertz CT molecular complexity index is 1320. The zero-order valence-corrected chi connectivity index (χ0v) is 19.4. The number of ether oxygens (including phenoxy) is 2. The van der Waals surface area contributed by atoms with Crippen molar-refractivity contribution < 1.29 is 9.47 Å². The van der Waals surface area contributed by atoms with E-state index in [1.54, 1.807) is 7.11 Å². The molecule has 0 bridgehead atoms. The smallest absolute Gasteiger partial charge is 0.145 e. The molecule has 0 N–H and O–H groups in total. The van der Waals surface area contributed by atoms with Crippen molar-refractivity contribution in [2.24, 2.45) is 5.92 Å². The van der Waals surface area contributed by atoms with Crippen molar-refractivity contribution in [1.82, 2.24) is 9.55 Å². The zero-order chi connectivity index (χ0) is 22.6. The number of pyridine rings is 1. The van der Waals surface area contributed by atoms with E-state index in [0.717, 1.165) is 39.1 Å². The molecule has 0 radical (unpaired) electrons. The van der Waals surface area contributed by atoms with Crippen LogP contribution in [0.15, 0.2) is 54.6 Å². The second-order valence-electron chi connectivity index (χ2n) is 8.65. The molecule has 5 rings (SSSR count). The van der Waals surface area contributed by atoms with Crippen LogP contribution in [-0.2, 0) is 11.5 Å². The molecule has 0 aliphatic heterocycles. The van der Waals surface area contributed by atoms with Crippen LogP contribution in [0.2, 0.25) is 0 Å². The molecule has 4 heteroatoms. The van der Waals surface area contributed by atoms with Gasteiger partial charge in [0.15, 0.2) is 0 Å². The van der Waals surface area contributed by atoms with Gasteiger partial charge in [-0.1, -0.05) is 55.5 Å². The molecule has 1 aliphatic carbocycles. The lowest BCUT2D eigenvalue weighted by Crippen LogP contribution is -2.04. The predicted octanol–water partition coefficient (Wildman–Crippen LogP) is 6.79. The number of nitrogens with zero attached hydrogens (tertiary/aromatic N) is 2. The summed E-state index contributed by atoms with van der Waals surface area (Å²) in [5.74, 6) is 8.28. The minimum absolute atomic E-state index is 0.467. The molecule has 0 amide bonds. The second-order valence-corrected chi connectivity index (χ2v) is 8.65. The molecule has 1 fully saturated rings. The average Bonchev–Trinajstić information content (AvgIpc) is 3.20. The van der Waals surface area contributed by atoms with Gasteiger partial charge in [0.25, 0.3) is 0 Å². The Morgan fingerprint density at radius 1 is 1.03 bits per heavy atom. The first-order valence-electron chi connectivity index (χ1n) is 11.9. The van der Waals surface area contributed by atoms with E-state index in [4.69, 9.17) is 14.5 Å². The van der Waals surface area contributed by atoms with Crippen molar-refractivity contribution in [3.63, 3.8) is 0 Å². The third-order valence-electron chi connectivity index (χ3n) is 6.56. The van der Waals surface area contributed by atoms with Gasteiger partial charge in [0.2, 0.25) is 0 Å². The van der Waals surface area contributed by atoms with E-state index in [1.165, 1.54) is 37.5 Å². The summed E-state index contributed by atoms with van der Waals surface area (Å²) in [5, 5.41) is 2.32. The number of rotatable bonds is 5. The molecule has 2 aromatic carbocycles. The van der Waals surface area contributed by atoms with Gasteiger partial charge in [-0.25, -0.2) is 4.98 Å². The molecule has 1 saturated carbocycles. The maximum atomic E-state index is 5.84. The molecule has 33 heavy (non-hydrogen) atoms. The number of aromatic nitrogens is 2. The van der Waals surface area contributed by atoms with Crippen molar-refractivity contribution in [2.45, 2.75) is 45.8 Å². The normalized spacial score (nSPS) is 14.4. The van der Waals surface area contributed by atoms with Gasteiger partial charge < -0.3 is 14.0 Å². The van der Waals surface area contributed by atoms with Gasteiger partial charge in [0.05, 0.1) is 12.6 Å². The highest BCUT2D eigenvalue weighted by Crippen LogP contribution is 2.37. The third kappa shape index (κ3) is 4.34. The fraction of sp³-hybridized carbons (Fsp3) is 0.345. The number of fused-ring (bicyclic) bond motifs is 3. The zero-order valence-electron chi connectivity index (χ0n) is 19.4. The second kappa shape index (κ2) is 9.68. The monoisotopic (exact) mass is 438 g/mol. The highest BCUT2D eigenvalue weighted by Gasteiger charge is 2.18. The van der Waals surface area contributed by atoms with E-state index in [0.29, 0.717) is 19.3 Å². The van der Waals surface area contributed by atoms with E-state index in [9.17, 15) is 0 Å². The van der Waals surface area contributed by atoms with E-state index in [-0.39, 0.29) is 0 Å². The maximum absolute atomic E-state index is 5.84. The fourth-order valence-electron chi connectivity index (χ4n) is 4.83. The standard InChI is InChI=1S/C29H30N2O2/c1-3-33-20-31-27-12-8-7-11-25(27)28-26(22-14-17-24(32-2)18-15-22)19-23(30-29(28)31)16-13-21-9-5-4-6-10-21/h7-8,11-12,14-15,17-19,21H,3-6,9-10,20H2,1-2H3. The number of hydrogen-bond donors (Lipinski definition) is 0. The third-order valence-corrected chi connectivity index (χ3v) is 6.56. The first-order chi connectivity index (χ1) is 16.3. The summed E-state index contributed by atoms with van der Waals surface area (Å²) in [5.41, 5.74) is 5.14. The van der Waals surface area contributed by atoms with Crippen LogP contribution in [0.25, 0.3) is 33.1 Å². The summed E-state index contributed by atoms with van der Waals surface area (Å²) in [4.78, 5) is 5.05. The predicted molar refractivity (Wildman–Crippen MR) is 134 cm³/mol. The Kier molecular flexibility index (Phi) is 6.32. The van der Waals surface area contributed by atoms with E-state index < -0.39 is 0 Å². The molecule has 0 atom stereocenters. The van der Waals surface area contributed by atoms with Crippen molar-refractivity contribution in [1.29, 1.82) is 0 Å². The number of methoxy groups -OCH3 is 1. The van der Waals surface area contributed by atoms with Crippen LogP contribution in [0, 0.1) is 17.8 Å². The summed E-state index contributed by atoms with van der Waals surface area (Å²) in [6.45, 7) is 3.14. The summed E-state index contributed by atoms with van der Waals surface area (Å²) < 4.78 is 13.4. The largest absolute Gasteiger partial charge is 0.497 e. The van der Waals surface area contributed by atoms with Crippen molar-refractivity contribution in [2.75, 3.05) is 13.7 Å². The van der Waals surface area contributed by atoms with Gasteiger partial charge in [0, 0.05) is 23.3 Å². The molecule has 0 spiro atoms. The average molecular weight is 439 g/mol. The van der Waals surface area contributed by atoms with Crippen molar-refractivity contribution in [3.05, 3.63) is 60.3 Å². The van der Waals surface area contributed by atoms with Gasteiger partial charge in [-0.15, -0.1) is 0 Å². The molecular formula is C29H30N2O2. The summed E-state index contributed by atoms with van der Waals surface area (Å²) >= 11 is 0. The SMILES string of the molecule is CCOCn1c2ccccc2c2c(-c3ccc(OC)cc3)cc(C#CC3CCCCC3)nc21. The first kappa shape index (κ1) is 21.6. The molecule has 4 aromatic rings. The Morgan fingerprint density at radius 3 is 2.58 bits per heavy atom. The Morgan fingerprint density at radius 2 is 1.82 bits per heavy atom. The van der Waals surface area contributed by atoms with Gasteiger partial charge >= 0.3 is 0 Å². The van der Waals surface area contributed by atoms with Crippen LogP contribution < -0.4 is 4.74 Å². The minimum Gasteiger partial charge on any atom is -0.497 e. The molecule has 4 nitrogen and oxygen atoms in total. The fourth-order valence-corrected chi connectivity index (χ4v) is 4.83. The molecule has 2 aromatic heterocycles. The highest BCUT2D eigenvalue weighted by molar-refractivity contribution is 6.13. The Labute approximate surface area is 195 Å². The van der Waals surface area contributed by atoms with Crippen molar-refractivity contribution in [3.8, 4) is 28.7 Å². The van der Waals surface area contributed by atoms with Crippen LogP contribution in [0.3, 0.4) is 0 Å². The van der Waals surface area contributed by atoms with Gasteiger partial charge in [-0.3, -0.25) is 0 Å². The topological polar surface area (TPSA) is 36.3 Å².